The Bertz CT molecular complexity index is 449. The molecule has 1 aliphatic rings. The van der Waals surface area contributed by atoms with Crippen LogP contribution in [0.15, 0.2) is 11.4 Å². The summed E-state index contributed by atoms with van der Waals surface area (Å²) in [7, 11) is 0. The fourth-order valence-electron chi connectivity index (χ4n) is 1.28. The van der Waals surface area contributed by atoms with Crippen molar-refractivity contribution in [2.45, 2.75) is 19.3 Å². The second kappa shape index (κ2) is 6.84. The van der Waals surface area contributed by atoms with Gasteiger partial charge in [-0.2, -0.15) is 0 Å². The topological polar surface area (TPSA) is 170 Å². The average Bonchev–Trinajstić information content (AvgIpc) is 3.16. The van der Waals surface area contributed by atoms with Crippen molar-refractivity contribution in [3.63, 3.8) is 0 Å². The van der Waals surface area contributed by atoms with Crippen LogP contribution in [0.5, 0.6) is 0 Å². The molecule has 7 N–H and O–H groups in total. The van der Waals surface area contributed by atoms with Crippen molar-refractivity contribution in [2.24, 2.45) is 5.73 Å². The molecule has 0 aliphatic carbocycles. The maximum absolute atomic E-state index is 11.7. The summed E-state index contributed by atoms with van der Waals surface area (Å²) in [6, 6.07) is 0. The van der Waals surface area contributed by atoms with Gasteiger partial charge in [-0.3, -0.25) is 20.9 Å². The Morgan fingerprint density at radius 1 is 1.50 bits per heavy atom. The molecule has 2 atom stereocenters. The lowest BCUT2D eigenvalue weighted by molar-refractivity contribution is -0.135. The quantitative estimate of drug-likeness (QED) is 0.0985. The zero-order chi connectivity index (χ0) is 15.3. The van der Waals surface area contributed by atoms with Gasteiger partial charge in [-0.25, -0.2) is 4.79 Å². The zero-order valence-electron chi connectivity index (χ0n) is 10.7. The highest BCUT2D eigenvalue weighted by Crippen LogP contribution is 2.18. The van der Waals surface area contributed by atoms with Crippen LogP contribution < -0.4 is 16.5 Å². The van der Waals surface area contributed by atoms with Gasteiger partial charge in [-0.05, 0) is 6.92 Å². The zero-order valence-corrected chi connectivity index (χ0v) is 10.7. The third-order valence-corrected chi connectivity index (χ3v) is 2.39. The summed E-state index contributed by atoms with van der Waals surface area (Å²) in [4.78, 5) is 23.0. The molecule has 1 fully saturated rings. The Morgan fingerprint density at radius 2 is 2.15 bits per heavy atom. The Labute approximate surface area is 114 Å². The van der Waals surface area contributed by atoms with Crippen molar-refractivity contribution < 1.29 is 29.4 Å². The number of aliphatic hydroxyl groups is 1. The molecule has 0 radical (unpaired) electrons. The van der Waals surface area contributed by atoms with Gasteiger partial charge in [-0.15, -0.1) is 0 Å². The Hall–Kier alpha value is -2.17. The largest absolute Gasteiger partial charge is 0.461 e. The highest BCUT2D eigenvalue weighted by Gasteiger charge is 2.40. The van der Waals surface area contributed by atoms with Crippen molar-refractivity contribution in [3.8, 4) is 0 Å². The van der Waals surface area contributed by atoms with Crippen molar-refractivity contribution >= 4 is 17.6 Å². The first-order chi connectivity index (χ1) is 9.46. The highest BCUT2D eigenvalue weighted by molar-refractivity contribution is 6.42. The molecule has 0 aromatic rings. The molecule has 0 saturated carbocycles. The number of aliphatic hydroxyl groups excluding tert-OH is 1. The molecule has 1 heterocycles. The van der Waals surface area contributed by atoms with Crippen LogP contribution >= 0.6 is 0 Å². The first-order valence-corrected chi connectivity index (χ1v) is 5.69. The van der Waals surface area contributed by atoms with E-state index in [4.69, 9.17) is 26.2 Å². The number of hydrogen-bond donors (Lipinski definition) is 6. The highest BCUT2D eigenvalue weighted by atomic mass is 16.6. The summed E-state index contributed by atoms with van der Waals surface area (Å²) >= 11 is 0. The van der Waals surface area contributed by atoms with Crippen LogP contribution in [0.1, 0.15) is 6.92 Å². The lowest BCUT2D eigenvalue weighted by atomic mass is 10.2. The van der Waals surface area contributed by atoms with Gasteiger partial charge in [0.25, 0.3) is 5.91 Å². The Balaban J connectivity index is 2.76. The van der Waals surface area contributed by atoms with Crippen molar-refractivity contribution in [1.29, 1.82) is 5.41 Å². The van der Waals surface area contributed by atoms with Crippen LogP contribution in [0.25, 0.3) is 0 Å². The summed E-state index contributed by atoms with van der Waals surface area (Å²) in [6.07, 6.45) is -1.23. The molecule has 2 unspecified atom stereocenters. The van der Waals surface area contributed by atoms with E-state index < -0.39 is 41.3 Å². The molecule has 1 amide bonds. The molecule has 10 heteroatoms. The molecule has 1 aliphatic heterocycles. The molecule has 10 nitrogen and oxygen atoms in total. The van der Waals surface area contributed by atoms with E-state index in [1.165, 1.54) is 5.48 Å². The first-order valence-electron chi connectivity index (χ1n) is 5.69. The van der Waals surface area contributed by atoms with E-state index >= 15 is 0 Å². The van der Waals surface area contributed by atoms with Crippen LogP contribution in [0.2, 0.25) is 0 Å². The lowest BCUT2D eigenvalue weighted by Crippen LogP contribution is -2.38. The predicted molar refractivity (Wildman–Crippen MR) is 64.4 cm³/mol. The molecule has 1 saturated heterocycles. The van der Waals surface area contributed by atoms with E-state index in [0.717, 1.165) is 0 Å². The van der Waals surface area contributed by atoms with E-state index in [9.17, 15) is 9.59 Å². The van der Waals surface area contributed by atoms with E-state index in [2.05, 4.69) is 10.1 Å². The Morgan fingerprint density at radius 3 is 2.60 bits per heavy atom. The van der Waals surface area contributed by atoms with Gasteiger partial charge in [0, 0.05) is 0 Å². The molecular formula is C10H16N4O6. The monoisotopic (exact) mass is 288 g/mol. The van der Waals surface area contributed by atoms with Crippen molar-refractivity contribution in [3.05, 3.63) is 11.4 Å². The summed E-state index contributed by atoms with van der Waals surface area (Å²) < 4.78 is 9.41. The lowest BCUT2D eigenvalue weighted by Gasteiger charge is -2.10. The molecule has 1 rings (SSSR count). The van der Waals surface area contributed by atoms with Crippen LogP contribution in [-0.2, 0) is 19.1 Å². The van der Waals surface area contributed by atoms with E-state index in [1.54, 1.807) is 6.92 Å². The van der Waals surface area contributed by atoms with Gasteiger partial charge in [0.1, 0.15) is 6.10 Å². The maximum atomic E-state index is 11.7. The number of hydrogen-bond acceptors (Lipinski definition) is 9. The second-order valence-corrected chi connectivity index (χ2v) is 3.75. The third kappa shape index (κ3) is 3.66. The molecule has 0 spiro atoms. The van der Waals surface area contributed by atoms with Gasteiger partial charge in [0.05, 0.1) is 18.9 Å². The molecule has 0 bridgehead atoms. The number of esters is 1. The number of hydroxylamine groups is 1. The minimum absolute atomic E-state index is 0.0384. The minimum Gasteiger partial charge on any atom is -0.461 e. The van der Waals surface area contributed by atoms with Crippen LogP contribution in [0, 0.1) is 5.41 Å². The van der Waals surface area contributed by atoms with Crippen molar-refractivity contribution in [1.82, 2.24) is 10.8 Å². The summed E-state index contributed by atoms with van der Waals surface area (Å²) in [5.74, 6) is -1.92. The number of epoxide rings is 1. The second-order valence-electron chi connectivity index (χ2n) is 3.75. The molecule has 20 heavy (non-hydrogen) atoms. The van der Waals surface area contributed by atoms with Gasteiger partial charge >= 0.3 is 5.97 Å². The fraction of sp³-hybridized carbons (Fsp3) is 0.500. The molecular weight excluding hydrogens is 272 g/mol. The standard InChI is InChI=1S/C10H16N4O6/c1-2-19-10(17)6(12)5(11)7(14-18)8(16)13-9-4(3-15)20-9/h4,9,12,14-15,18H,2-3,11H2,1H3,(H,13,16)/b7-5+,12-6?. The summed E-state index contributed by atoms with van der Waals surface area (Å²) in [5.41, 5.74) is 5.03. The smallest absolute Gasteiger partial charge is 0.358 e. The van der Waals surface area contributed by atoms with E-state index in [1.807, 2.05) is 0 Å². The summed E-state index contributed by atoms with van der Waals surface area (Å²) in [5, 5.41) is 27.4. The molecule has 0 aromatic heterocycles. The van der Waals surface area contributed by atoms with Crippen LogP contribution in [0.4, 0.5) is 0 Å². The molecule has 112 valence electrons. The third-order valence-electron chi connectivity index (χ3n) is 2.39. The van der Waals surface area contributed by atoms with E-state index in [0.29, 0.717) is 0 Å². The first kappa shape index (κ1) is 15.9. The van der Waals surface area contributed by atoms with Gasteiger partial charge in [0.2, 0.25) is 0 Å². The number of ether oxygens (including phenoxy) is 2. The Kier molecular flexibility index (Phi) is 5.43. The van der Waals surface area contributed by atoms with Gasteiger partial charge in [-0.1, -0.05) is 0 Å². The van der Waals surface area contributed by atoms with Crippen LogP contribution in [0.3, 0.4) is 0 Å². The molecule has 0 aromatic carbocycles. The number of amides is 1. The maximum Gasteiger partial charge on any atom is 0.358 e. The predicted octanol–water partition coefficient (Wildman–Crippen LogP) is -2.45. The minimum atomic E-state index is -1.03. The number of carbonyl (C=O) groups excluding carboxylic acids is 2. The number of rotatable bonds is 7. The van der Waals surface area contributed by atoms with E-state index in [-0.39, 0.29) is 13.2 Å². The number of carbonyl (C=O) groups is 2. The normalized spacial score (nSPS) is 21.6. The fourth-order valence-corrected chi connectivity index (χ4v) is 1.28. The SMILES string of the molecule is CCOC(=O)C(=N)/C(N)=C(\NO)C(=O)NC1OC1CO. The van der Waals surface area contributed by atoms with Gasteiger partial charge < -0.3 is 25.6 Å². The summed E-state index contributed by atoms with van der Waals surface area (Å²) in [6.45, 7) is 1.31. The number of nitrogens with one attached hydrogen (secondary N) is 3. The number of nitrogens with two attached hydrogens (primary N) is 1. The van der Waals surface area contributed by atoms with Crippen LogP contribution in [-0.4, -0.2) is 53.4 Å². The average molecular weight is 288 g/mol. The van der Waals surface area contributed by atoms with Gasteiger partial charge in [0.15, 0.2) is 17.6 Å². The van der Waals surface area contributed by atoms with Crippen molar-refractivity contribution in [2.75, 3.05) is 13.2 Å².